The van der Waals surface area contributed by atoms with Gasteiger partial charge in [0.25, 0.3) is 5.91 Å². The third-order valence-corrected chi connectivity index (χ3v) is 4.90. The van der Waals surface area contributed by atoms with E-state index in [0.717, 1.165) is 22.3 Å². The van der Waals surface area contributed by atoms with E-state index in [9.17, 15) is 9.59 Å². The van der Waals surface area contributed by atoms with Crippen molar-refractivity contribution in [1.29, 1.82) is 0 Å². The lowest BCUT2D eigenvalue weighted by molar-refractivity contribution is 0.102. The van der Waals surface area contributed by atoms with Gasteiger partial charge < -0.3 is 21.5 Å². The summed E-state index contributed by atoms with van der Waals surface area (Å²) >= 11 is 0. The summed E-state index contributed by atoms with van der Waals surface area (Å²) in [4.78, 5) is 24.6. The van der Waals surface area contributed by atoms with E-state index in [2.05, 4.69) is 5.32 Å². The number of anilines is 1. The first kappa shape index (κ1) is 22.1. The molecule has 0 saturated heterocycles. The molecule has 3 rings (SSSR count). The lowest BCUT2D eigenvalue weighted by atomic mass is 9.80. The number of hydrogen-bond acceptors (Lipinski definition) is 4. The first-order valence-corrected chi connectivity index (χ1v) is 10.0. The summed E-state index contributed by atoms with van der Waals surface area (Å²) in [6.07, 6.45) is -0.949. The van der Waals surface area contributed by atoms with Crippen LogP contribution in [0.25, 0.3) is 11.1 Å². The Kier molecular flexibility index (Phi) is 6.42. The molecule has 0 aliphatic heterocycles. The molecule has 0 bridgehead atoms. The highest BCUT2D eigenvalue weighted by Gasteiger charge is 2.27. The Balaban J connectivity index is 2.16. The zero-order chi connectivity index (χ0) is 22.6. The average molecular weight is 418 g/mol. The van der Waals surface area contributed by atoms with Crippen LogP contribution < -0.4 is 21.5 Å². The molecule has 0 atom stereocenters. The first-order valence-electron chi connectivity index (χ1n) is 10.0. The van der Waals surface area contributed by atoms with Crippen LogP contribution in [0.2, 0.25) is 0 Å². The maximum atomic E-state index is 13.1. The van der Waals surface area contributed by atoms with Crippen molar-refractivity contribution in [3.8, 4) is 16.9 Å². The Morgan fingerprint density at radius 1 is 0.935 bits per heavy atom. The summed E-state index contributed by atoms with van der Waals surface area (Å²) in [5, 5.41) is 2.95. The number of nitrogens with one attached hydrogen (secondary N) is 1. The third-order valence-electron chi connectivity index (χ3n) is 4.90. The van der Waals surface area contributed by atoms with Crippen molar-refractivity contribution in [3.63, 3.8) is 0 Å². The van der Waals surface area contributed by atoms with Crippen molar-refractivity contribution in [1.82, 2.24) is 0 Å². The molecule has 0 aliphatic carbocycles. The van der Waals surface area contributed by atoms with Crippen LogP contribution >= 0.6 is 0 Å². The molecule has 0 spiro atoms. The fraction of sp³-hybridized carbons (Fsp3) is 0.200. The monoisotopic (exact) mass is 417 g/mol. The number of benzene rings is 3. The van der Waals surface area contributed by atoms with E-state index in [1.54, 1.807) is 30.3 Å². The van der Waals surface area contributed by atoms with E-state index >= 15 is 0 Å². The summed E-state index contributed by atoms with van der Waals surface area (Å²) < 4.78 is 5.25. The average Bonchev–Trinajstić information content (AvgIpc) is 2.74. The summed E-state index contributed by atoms with van der Waals surface area (Å²) in [6.45, 7) is 6.50. The molecule has 0 unspecified atom stereocenters. The second-order valence-corrected chi connectivity index (χ2v) is 8.25. The van der Waals surface area contributed by atoms with E-state index in [1.807, 2.05) is 57.2 Å². The molecule has 0 saturated carbocycles. The molecule has 2 amide bonds. The molecule has 160 valence electrons. The standard InChI is InChI=1S/C25H27N3O3/c1-25(2,3)21-19(17-7-5-4-6-8-17)13-14-20(31-24(27)30)22(21)28-23(29)18-11-9-16(15-26)10-12-18/h4-14H,15,26H2,1-3H3,(H2,27,30)(H,28,29). The molecule has 0 heterocycles. The maximum Gasteiger partial charge on any atom is 0.410 e. The van der Waals surface area contributed by atoms with Gasteiger partial charge in [-0.05, 0) is 45.9 Å². The number of rotatable bonds is 5. The normalized spacial score (nSPS) is 11.1. The molecule has 0 fully saturated rings. The molecule has 3 aromatic carbocycles. The third kappa shape index (κ3) is 5.10. The van der Waals surface area contributed by atoms with Gasteiger partial charge in [0.2, 0.25) is 0 Å². The number of amides is 2. The predicted molar refractivity (Wildman–Crippen MR) is 123 cm³/mol. The largest absolute Gasteiger partial charge is 0.410 e. The lowest BCUT2D eigenvalue weighted by Crippen LogP contribution is -2.23. The second-order valence-electron chi connectivity index (χ2n) is 8.25. The summed E-state index contributed by atoms with van der Waals surface area (Å²) in [5.41, 5.74) is 15.1. The topological polar surface area (TPSA) is 107 Å². The van der Waals surface area contributed by atoms with Gasteiger partial charge in [0.15, 0.2) is 5.75 Å². The Morgan fingerprint density at radius 3 is 2.13 bits per heavy atom. The number of hydrogen-bond donors (Lipinski definition) is 3. The maximum absolute atomic E-state index is 13.1. The Morgan fingerprint density at radius 2 is 1.58 bits per heavy atom. The minimum Gasteiger partial charge on any atom is -0.408 e. The number of ether oxygens (including phenoxy) is 1. The van der Waals surface area contributed by atoms with Crippen molar-refractivity contribution in [2.75, 3.05) is 5.32 Å². The van der Waals surface area contributed by atoms with E-state index < -0.39 is 6.09 Å². The van der Waals surface area contributed by atoms with Gasteiger partial charge >= 0.3 is 6.09 Å². The van der Waals surface area contributed by atoms with E-state index in [-0.39, 0.29) is 17.1 Å². The molecule has 0 aliphatic rings. The summed E-state index contributed by atoms with van der Waals surface area (Å²) in [5.74, 6) is -0.127. The molecule has 0 aromatic heterocycles. The molecule has 31 heavy (non-hydrogen) atoms. The van der Waals surface area contributed by atoms with Gasteiger partial charge in [0.05, 0.1) is 5.69 Å². The smallest absolute Gasteiger partial charge is 0.408 e. The highest BCUT2D eigenvalue weighted by molar-refractivity contribution is 6.06. The summed E-state index contributed by atoms with van der Waals surface area (Å²) in [6, 6.07) is 20.4. The van der Waals surface area contributed by atoms with Crippen LogP contribution in [0.1, 0.15) is 42.3 Å². The highest BCUT2D eigenvalue weighted by Crippen LogP contribution is 2.43. The number of carbonyl (C=O) groups is 2. The van der Waals surface area contributed by atoms with Gasteiger partial charge in [-0.2, -0.15) is 0 Å². The van der Waals surface area contributed by atoms with Crippen LogP contribution in [0.5, 0.6) is 5.75 Å². The van der Waals surface area contributed by atoms with E-state index in [4.69, 9.17) is 16.2 Å². The number of carbonyl (C=O) groups excluding carboxylic acids is 2. The summed E-state index contributed by atoms with van der Waals surface area (Å²) in [7, 11) is 0. The van der Waals surface area contributed by atoms with Gasteiger partial charge in [-0.3, -0.25) is 4.79 Å². The number of primary amides is 1. The fourth-order valence-electron chi connectivity index (χ4n) is 3.52. The predicted octanol–water partition coefficient (Wildman–Crippen LogP) is 4.82. The van der Waals surface area contributed by atoms with E-state index in [1.165, 1.54) is 0 Å². The van der Waals surface area contributed by atoms with Crippen molar-refractivity contribution >= 4 is 17.7 Å². The van der Waals surface area contributed by atoms with Crippen molar-refractivity contribution < 1.29 is 14.3 Å². The van der Waals surface area contributed by atoms with Crippen LogP contribution in [-0.4, -0.2) is 12.0 Å². The van der Waals surface area contributed by atoms with Crippen molar-refractivity contribution in [2.45, 2.75) is 32.7 Å². The van der Waals surface area contributed by atoms with Crippen LogP contribution in [0.3, 0.4) is 0 Å². The van der Waals surface area contributed by atoms with Crippen molar-refractivity contribution in [3.05, 3.63) is 83.4 Å². The van der Waals surface area contributed by atoms with E-state index in [0.29, 0.717) is 17.8 Å². The second kappa shape index (κ2) is 9.02. The van der Waals surface area contributed by atoms with Gasteiger partial charge in [-0.25, -0.2) is 4.79 Å². The van der Waals surface area contributed by atoms with Gasteiger partial charge in [-0.15, -0.1) is 0 Å². The fourth-order valence-corrected chi connectivity index (χ4v) is 3.52. The van der Waals surface area contributed by atoms with Gasteiger partial charge in [0, 0.05) is 12.1 Å². The van der Waals surface area contributed by atoms with Crippen LogP contribution in [-0.2, 0) is 12.0 Å². The molecular weight excluding hydrogens is 390 g/mol. The molecule has 0 radical (unpaired) electrons. The zero-order valence-corrected chi connectivity index (χ0v) is 17.9. The Bertz CT molecular complexity index is 1090. The first-order chi connectivity index (χ1) is 14.7. The minimum absolute atomic E-state index is 0.198. The molecule has 6 nitrogen and oxygen atoms in total. The van der Waals surface area contributed by atoms with Crippen LogP contribution in [0, 0.1) is 0 Å². The highest BCUT2D eigenvalue weighted by atomic mass is 16.5. The molecule has 6 heteroatoms. The quantitative estimate of drug-likeness (QED) is 0.553. The van der Waals surface area contributed by atoms with Gasteiger partial charge in [-0.1, -0.05) is 69.3 Å². The van der Waals surface area contributed by atoms with Gasteiger partial charge in [0.1, 0.15) is 0 Å². The Hall–Kier alpha value is -3.64. The van der Waals surface area contributed by atoms with Crippen LogP contribution in [0.15, 0.2) is 66.7 Å². The van der Waals surface area contributed by atoms with Crippen molar-refractivity contribution in [2.24, 2.45) is 11.5 Å². The SMILES string of the molecule is CC(C)(C)c1c(-c2ccccc2)ccc(OC(N)=O)c1NC(=O)c1ccc(CN)cc1. The minimum atomic E-state index is -0.949. The van der Waals surface area contributed by atoms with Crippen LogP contribution in [0.4, 0.5) is 10.5 Å². The number of nitrogens with two attached hydrogens (primary N) is 2. The molecular formula is C25H27N3O3. The lowest BCUT2D eigenvalue weighted by Gasteiger charge is -2.28. The Labute approximate surface area is 182 Å². The molecule has 3 aromatic rings. The molecule has 5 N–H and O–H groups in total. The zero-order valence-electron chi connectivity index (χ0n) is 17.9.